The molecule has 0 saturated heterocycles. The van der Waals surface area contributed by atoms with Gasteiger partial charge in [0.25, 0.3) is 5.56 Å². The Morgan fingerprint density at radius 3 is 2.64 bits per heavy atom. The summed E-state index contributed by atoms with van der Waals surface area (Å²) in [7, 11) is 0. The number of nitrogens with one attached hydrogen (secondary N) is 1. The predicted octanol–water partition coefficient (Wildman–Crippen LogP) is 4.11. The van der Waals surface area contributed by atoms with Crippen LogP contribution in [0.5, 0.6) is 0 Å². The molecular weight excluding hydrogens is 398 g/mol. The number of nitrogens with zero attached hydrogens (tertiary/aromatic N) is 2. The maximum atomic E-state index is 12.8. The number of hydrogen-bond acceptors (Lipinski definition) is 5. The molecule has 0 bridgehead atoms. The smallest absolute Gasteiger partial charge is 0.271 e. The topological polar surface area (TPSA) is 81.1 Å². The normalized spacial score (nSPS) is 11.1. The molecule has 1 amide bonds. The lowest BCUT2D eigenvalue weighted by atomic mass is 10.1. The van der Waals surface area contributed by atoms with Crippen LogP contribution in [0.3, 0.4) is 0 Å². The third-order valence-electron chi connectivity index (χ3n) is 4.31. The molecule has 1 N–H and O–H groups in total. The highest BCUT2D eigenvalue weighted by atomic mass is 35.5. The fraction of sp³-hybridized carbons (Fsp3) is 0.100. The number of fused-ring (bicyclic) bond motifs is 3. The first-order valence-electron chi connectivity index (χ1n) is 8.41. The zero-order valence-corrected chi connectivity index (χ0v) is 16.3. The minimum absolute atomic E-state index is 0.0488. The van der Waals surface area contributed by atoms with Crippen LogP contribution in [0.15, 0.2) is 53.6 Å². The minimum atomic E-state index is -0.363. The molecule has 0 saturated carbocycles. The highest BCUT2D eigenvalue weighted by Gasteiger charge is 2.15. The van der Waals surface area contributed by atoms with Gasteiger partial charge in [0, 0.05) is 21.3 Å². The maximum absolute atomic E-state index is 12.8. The van der Waals surface area contributed by atoms with Crippen LogP contribution in [-0.2, 0) is 11.3 Å². The second kappa shape index (κ2) is 7.18. The van der Waals surface area contributed by atoms with Crippen LogP contribution >= 0.6 is 22.9 Å². The van der Waals surface area contributed by atoms with Crippen molar-refractivity contribution >= 4 is 60.6 Å². The Labute approximate surface area is 168 Å². The second-order valence-electron chi connectivity index (χ2n) is 6.25. The number of carbonyl (C=O) groups is 2. The van der Waals surface area contributed by atoms with Crippen LogP contribution in [0.25, 0.3) is 20.3 Å². The molecule has 0 radical (unpaired) electrons. The number of ketones is 1. The average molecular weight is 412 g/mol. The lowest BCUT2D eigenvalue weighted by Crippen LogP contribution is -2.27. The van der Waals surface area contributed by atoms with Crippen molar-refractivity contribution in [3.63, 3.8) is 0 Å². The number of Topliss-reactive ketones (excluding diaryl/α,β-unsaturated/α-hetero) is 1. The summed E-state index contributed by atoms with van der Waals surface area (Å²) < 4.78 is 2.61. The van der Waals surface area contributed by atoms with E-state index >= 15 is 0 Å². The van der Waals surface area contributed by atoms with Gasteiger partial charge in [0.15, 0.2) is 5.78 Å². The average Bonchev–Trinajstić information content (AvgIpc) is 3.05. The molecular formula is C20H14ClN3O3S. The standard InChI is InChI=1S/C20H14ClN3O3S/c1-11(25)12-5-7-13(8-6-12)23-16(26)9-24-10-22-18-17-14(21)3-2-4-15(17)28-19(18)20(24)27/h2-8,10H,9H2,1H3,(H,23,26). The van der Waals surface area contributed by atoms with Gasteiger partial charge in [0.2, 0.25) is 5.91 Å². The van der Waals surface area contributed by atoms with Crippen molar-refractivity contribution in [1.82, 2.24) is 9.55 Å². The number of rotatable bonds is 4. The predicted molar refractivity (Wildman–Crippen MR) is 111 cm³/mol. The van der Waals surface area contributed by atoms with Crippen LogP contribution in [0.2, 0.25) is 5.02 Å². The number of carbonyl (C=O) groups excluding carboxylic acids is 2. The maximum Gasteiger partial charge on any atom is 0.271 e. The van der Waals surface area contributed by atoms with Crippen molar-refractivity contribution in [1.29, 1.82) is 0 Å². The van der Waals surface area contributed by atoms with Crippen molar-refractivity contribution in [2.24, 2.45) is 0 Å². The van der Waals surface area contributed by atoms with E-state index in [1.807, 2.05) is 12.1 Å². The number of benzene rings is 2. The lowest BCUT2D eigenvalue weighted by Gasteiger charge is -2.07. The highest BCUT2D eigenvalue weighted by molar-refractivity contribution is 7.25. The van der Waals surface area contributed by atoms with E-state index < -0.39 is 0 Å². The van der Waals surface area contributed by atoms with E-state index in [0.29, 0.717) is 26.5 Å². The van der Waals surface area contributed by atoms with E-state index in [2.05, 4.69) is 10.3 Å². The molecule has 4 rings (SSSR count). The molecule has 4 aromatic rings. The van der Waals surface area contributed by atoms with Gasteiger partial charge in [-0.25, -0.2) is 4.98 Å². The van der Waals surface area contributed by atoms with Crippen molar-refractivity contribution in [2.75, 3.05) is 5.32 Å². The van der Waals surface area contributed by atoms with Gasteiger partial charge in [-0.1, -0.05) is 17.7 Å². The van der Waals surface area contributed by atoms with E-state index in [1.54, 1.807) is 30.3 Å². The molecule has 0 unspecified atom stereocenters. The summed E-state index contributed by atoms with van der Waals surface area (Å²) in [5, 5.41) is 4.01. The van der Waals surface area contributed by atoms with Gasteiger partial charge in [-0.2, -0.15) is 0 Å². The number of hydrogen-bond donors (Lipinski definition) is 1. The summed E-state index contributed by atoms with van der Waals surface area (Å²) in [6.45, 7) is 1.31. The summed E-state index contributed by atoms with van der Waals surface area (Å²) in [5.41, 5.74) is 1.37. The molecule has 28 heavy (non-hydrogen) atoms. The van der Waals surface area contributed by atoms with Gasteiger partial charge in [-0.15, -0.1) is 11.3 Å². The summed E-state index contributed by atoms with van der Waals surface area (Å²) in [5.74, 6) is -0.412. The summed E-state index contributed by atoms with van der Waals surface area (Å²) in [6.07, 6.45) is 1.36. The number of amides is 1. The molecule has 2 aromatic carbocycles. The van der Waals surface area contributed by atoms with Gasteiger partial charge < -0.3 is 5.32 Å². The fourth-order valence-corrected chi connectivity index (χ4v) is 4.38. The van der Waals surface area contributed by atoms with Crippen LogP contribution in [0.1, 0.15) is 17.3 Å². The minimum Gasteiger partial charge on any atom is -0.325 e. The number of aromatic nitrogens is 2. The zero-order chi connectivity index (χ0) is 19.8. The molecule has 2 aromatic heterocycles. The third-order valence-corrected chi connectivity index (χ3v) is 5.76. The van der Waals surface area contributed by atoms with Crippen molar-refractivity contribution in [3.05, 3.63) is 69.7 Å². The Morgan fingerprint density at radius 1 is 1.18 bits per heavy atom. The lowest BCUT2D eigenvalue weighted by molar-refractivity contribution is -0.116. The largest absolute Gasteiger partial charge is 0.325 e. The Hall–Kier alpha value is -3.03. The van der Waals surface area contributed by atoms with E-state index in [9.17, 15) is 14.4 Å². The third kappa shape index (κ3) is 3.30. The molecule has 0 aliphatic heterocycles. The van der Waals surface area contributed by atoms with Gasteiger partial charge in [0.05, 0.1) is 16.9 Å². The first kappa shape index (κ1) is 18.3. The second-order valence-corrected chi connectivity index (χ2v) is 7.71. The van der Waals surface area contributed by atoms with Gasteiger partial charge >= 0.3 is 0 Å². The molecule has 0 fully saturated rings. The SMILES string of the molecule is CC(=O)c1ccc(NC(=O)Cn2cnc3c(sc4cccc(Cl)c43)c2=O)cc1. The molecule has 0 aliphatic carbocycles. The van der Waals surface area contributed by atoms with Gasteiger partial charge in [0.1, 0.15) is 11.2 Å². The van der Waals surface area contributed by atoms with E-state index in [4.69, 9.17) is 11.6 Å². The van der Waals surface area contributed by atoms with E-state index in [-0.39, 0.29) is 23.8 Å². The molecule has 0 atom stereocenters. The molecule has 6 nitrogen and oxygen atoms in total. The van der Waals surface area contributed by atoms with Crippen molar-refractivity contribution in [2.45, 2.75) is 13.5 Å². The Bertz CT molecular complexity index is 1290. The van der Waals surface area contributed by atoms with Crippen LogP contribution in [0.4, 0.5) is 5.69 Å². The van der Waals surface area contributed by atoms with Crippen molar-refractivity contribution < 1.29 is 9.59 Å². The van der Waals surface area contributed by atoms with Crippen LogP contribution < -0.4 is 10.9 Å². The highest BCUT2D eigenvalue weighted by Crippen LogP contribution is 2.34. The number of thiophene rings is 1. The number of halogens is 1. The van der Waals surface area contributed by atoms with Gasteiger partial charge in [-0.05, 0) is 43.3 Å². The first-order valence-corrected chi connectivity index (χ1v) is 9.60. The Morgan fingerprint density at radius 2 is 1.93 bits per heavy atom. The summed E-state index contributed by atoms with van der Waals surface area (Å²) >= 11 is 7.56. The Kier molecular flexibility index (Phi) is 4.70. The first-order chi connectivity index (χ1) is 13.4. The molecule has 0 spiro atoms. The molecule has 140 valence electrons. The summed E-state index contributed by atoms with van der Waals surface area (Å²) in [4.78, 5) is 40.8. The fourth-order valence-electron chi connectivity index (χ4n) is 2.93. The Balaban J connectivity index is 1.61. The molecule has 2 heterocycles. The van der Waals surface area contributed by atoms with Gasteiger partial charge in [-0.3, -0.25) is 19.0 Å². The number of anilines is 1. The zero-order valence-electron chi connectivity index (χ0n) is 14.7. The summed E-state index contributed by atoms with van der Waals surface area (Å²) in [6, 6.07) is 12.0. The van der Waals surface area contributed by atoms with Crippen LogP contribution in [0, 0.1) is 0 Å². The monoisotopic (exact) mass is 411 g/mol. The van der Waals surface area contributed by atoms with E-state index in [1.165, 1.54) is 29.2 Å². The molecule has 0 aliphatic rings. The molecule has 8 heteroatoms. The van der Waals surface area contributed by atoms with Crippen LogP contribution in [-0.4, -0.2) is 21.2 Å². The van der Waals surface area contributed by atoms with Crippen molar-refractivity contribution in [3.8, 4) is 0 Å². The van der Waals surface area contributed by atoms with E-state index in [0.717, 1.165) is 10.1 Å². The quantitative estimate of drug-likeness (QED) is 0.512.